The molecule has 0 fully saturated rings. The minimum Gasteiger partial charge on any atom is -0.454 e. The molecule has 120 valence electrons. The molecule has 1 aliphatic rings. The summed E-state index contributed by atoms with van der Waals surface area (Å²) in [6.07, 6.45) is 4.34. The van der Waals surface area contributed by atoms with Crippen molar-refractivity contribution in [2.45, 2.75) is 20.3 Å². The van der Waals surface area contributed by atoms with Crippen LogP contribution in [0.2, 0.25) is 0 Å². The highest BCUT2D eigenvalue weighted by Crippen LogP contribution is 2.32. The fourth-order valence-electron chi connectivity index (χ4n) is 2.40. The Kier molecular flexibility index (Phi) is 6.27. The molecule has 5 nitrogen and oxygen atoms in total. The molecule has 1 aliphatic heterocycles. The van der Waals surface area contributed by atoms with Crippen molar-refractivity contribution in [2.75, 3.05) is 33.0 Å². The Balaban J connectivity index is 1.72. The van der Waals surface area contributed by atoms with Crippen LogP contribution in [0.4, 0.5) is 0 Å². The van der Waals surface area contributed by atoms with Crippen LogP contribution in [0.5, 0.6) is 11.5 Å². The molecule has 0 aliphatic carbocycles. The van der Waals surface area contributed by atoms with Crippen molar-refractivity contribution in [3.05, 3.63) is 29.8 Å². The first-order valence-corrected chi connectivity index (χ1v) is 7.92. The number of hydrogen-bond acceptors (Lipinski definition) is 3. The summed E-state index contributed by atoms with van der Waals surface area (Å²) in [6.45, 7) is 8.71. The molecule has 1 aromatic carbocycles. The fraction of sp³-hybridized carbons (Fsp3) is 0.471. The monoisotopic (exact) mass is 305 g/mol. The van der Waals surface area contributed by atoms with E-state index in [2.05, 4.69) is 19.2 Å². The second-order valence-corrected chi connectivity index (χ2v) is 5.30. The lowest BCUT2D eigenvalue weighted by atomic mass is 10.2. The lowest BCUT2D eigenvalue weighted by molar-refractivity contribution is -0.896. The van der Waals surface area contributed by atoms with Crippen LogP contribution < -0.4 is 19.7 Å². The van der Waals surface area contributed by atoms with Gasteiger partial charge in [0.25, 0.3) is 0 Å². The van der Waals surface area contributed by atoms with Gasteiger partial charge >= 0.3 is 0 Å². The van der Waals surface area contributed by atoms with Gasteiger partial charge in [-0.1, -0.05) is 6.07 Å². The van der Waals surface area contributed by atoms with Gasteiger partial charge in [-0.15, -0.1) is 0 Å². The molecule has 0 bridgehead atoms. The van der Waals surface area contributed by atoms with Gasteiger partial charge in [-0.2, -0.15) is 0 Å². The molecule has 1 amide bonds. The van der Waals surface area contributed by atoms with E-state index in [9.17, 15) is 4.79 Å². The van der Waals surface area contributed by atoms with Crippen molar-refractivity contribution < 1.29 is 19.2 Å². The lowest BCUT2D eigenvalue weighted by Gasteiger charge is -2.14. The first-order chi connectivity index (χ1) is 10.7. The van der Waals surface area contributed by atoms with Crippen molar-refractivity contribution >= 4 is 12.0 Å². The summed E-state index contributed by atoms with van der Waals surface area (Å²) in [5.74, 6) is 1.41. The number of rotatable bonds is 8. The van der Waals surface area contributed by atoms with Gasteiger partial charge in [0.15, 0.2) is 11.5 Å². The quantitative estimate of drug-likeness (QED) is 0.553. The molecule has 1 aromatic rings. The highest BCUT2D eigenvalue weighted by Gasteiger charge is 2.12. The molecule has 0 aromatic heterocycles. The first kappa shape index (κ1) is 16.4. The van der Waals surface area contributed by atoms with E-state index >= 15 is 0 Å². The number of carbonyl (C=O) groups excluding carboxylic acids is 1. The third kappa shape index (κ3) is 4.77. The Morgan fingerprint density at radius 1 is 1.27 bits per heavy atom. The van der Waals surface area contributed by atoms with Gasteiger partial charge in [0.2, 0.25) is 12.7 Å². The van der Waals surface area contributed by atoms with E-state index in [-0.39, 0.29) is 12.7 Å². The summed E-state index contributed by atoms with van der Waals surface area (Å²) in [5.41, 5.74) is 0.923. The smallest absolute Gasteiger partial charge is 0.244 e. The number of carbonyl (C=O) groups is 1. The molecule has 0 unspecified atom stereocenters. The Hall–Kier alpha value is -2.01. The second-order valence-electron chi connectivity index (χ2n) is 5.30. The van der Waals surface area contributed by atoms with Gasteiger partial charge in [0.05, 0.1) is 19.6 Å². The van der Waals surface area contributed by atoms with Crippen LogP contribution >= 0.6 is 0 Å². The van der Waals surface area contributed by atoms with Gasteiger partial charge in [0, 0.05) is 19.0 Å². The molecule has 0 saturated heterocycles. The van der Waals surface area contributed by atoms with E-state index in [4.69, 9.17) is 9.47 Å². The largest absolute Gasteiger partial charge is 0.454 e. The standard InChI is InChI=1S/C17H24N2O3/c1-3-19(4-2)11-5-10-18-17(20)9-7-14-6-8-15-16(12-14)22-13-21-15/h6-9,12H,3-5,10-11,13H2,1-2H3,(H,18,20)/p+1/b9-7+. The number of amides is 1. The highest BCUT2D eigenvalue weighted by molar-refractivity contribution is 5.91. The Bertz CT molecular complexity index is 525. The number of hydrogen-bond donors (Lipinski definition) is 2. The lowest BCUT2D eigenvalue weighted by Crippen LogP contribution is -3.11. The van der Waals surface area contributed by atoms with Crippen LogP contribution in [0, 0.1) is 0 Å². The number of fused-ring (bicyclic) bond motifs is 1. The first-order valence-electron chi connectivity index (χ1n) is 7.92. The van der Waals surface area contributed by atoms with Crippen LogP contribution in [0.15, 0.2) is 24.3 Å². The minimum atomic E-state index is -0.0628. The average Bonchev–Trinajstić information content (AvgIpc) is 3.00. The molecule has 22 heavy (non-hydrogen) atoms. The Morgan fingerprint density at radius 2 is 2.05 bits per heavy atom. The van der Waals surface area contributed by atoms with Gasteiger partial charge in [0.1, 0.15) is 0 Å². The normalized spacial score (nSPS) is 13.0. The average molecular weight is 305 g/mol. The highest BCUT2D eigenvalue weighted by atomic mass is 16.7. The number of ether oxygens (including phenoxy) is 2. The van der Waals surface area contributed by atoms with E-state index in [1.165, 1.54) is 0 Å². The van der Waals surface area contributed by atoms with Crippen molar-refractivity contribution in [3.8, 4) is 11.5 Å². The summed E-state index contributed by atoms with van der Waals surface area (Å²) in [6, 6.07) is 5.63. The molecule has 2 N–H and O–H groups in total. The molecule has 0 spiro atoms. The predicted octanol–water partition coefficient (Wildman–Crippen LogP) is 0.859. The third-order valence-electron chi connectivity index (χ3n) is 3.83. The van der Waals surface area contributed by atoms with E-state index < -0.39 is 0 Å². The number of nitrogens with one attached hydrogen (secondary N) is 2. The zero-order valence-electron chi connectivity index (χ0n) is 13.4. The Morgan fingerprint density at radius 3 is 2.82 bits per heavy atom. The van der Waals surface area contributed by atoms with Crippen molar-refractivity contribution in [1.29, 1.82) is 0 Å². The maximum absolute atomic E-state index is 11.8. The molecule has 0 saturated carbocycles. The maximum Gasteiger partial charge on any atom is 0.244 e. The van der Waals surface area contributed by atoms with Crippen LogP contribution in [-0.2, 0) is 4.79 Å². The second kappa shape index (κ2) is 8.44. The van der Waals surface area contributed by atoms with Gasteiger partial charge in [-0.3, -0.25) is 4.79 Å². The van der Waals surface area contributed by atoms with Crippen LogP contribution in [0.1, 0.15) is 25.8 Å². The summed E-state index contributed by atoms with van der Waals surface area (Å²) >= 11 is 0. The van der Waals surface area contributed by atoms with Gasteiger partial charge < -0.3 is 19.7 Å². The van der Waals surface area contributed by atoms with Gasteiger partial charge in [-0.25, -0.2) is 0 Å². The van der Waals surface area contributed by atoms with E-state index in [1.54, 1.807) is 17.1 Å². The summed E-state index contributed by atoms with van der Waals surface area (Å²) in [4.78, 5) is 13.3. The third-order valence-corrected chi connectivity index (χ3v) is 3.83. The van der Waals surface area contributed by atoms with Crippen molar-refractivity contribution in [2.24, 2.45) is 0 Å². The van der Waals surface area contributed by atoms with Crippen molar-refractivity contribution in [1.82, 2.24) is 5.32 Å². The van der Waals surface area contributed by atoms with E-state index in [1.807, 2.05) is 18.2 Å². The molecule has 5 heteroatoms. The summed E-state index contributed by atoms with van der Waals surface area (Å²) in [5, 5.41) is 2.91. The van der Waals surface area contributed by atoms with E-state index in [0.29, 0.717) is 6.54 Å². The molecular weight excluding hydrogens is 280 g/mol. The topological polar surface area (TPSA) is 52.0 Å². The molecule has 0 radical (unpaired) electrons. The number of quaternary nitrogens is 1. The predicted molar refractivity (Wildman–Crippen MR) is 86.1 cm³/mol. The maximum atomic E-state index is 11.8. The van der Waals surface area contributed by atoms with Crippen LogP contribution in [0.3, 0.4) is 0 Å². The SMILES string of the molecule is CC[NH+](CC)CCCNC(=O)/C=C/c1ccc2c(c1)OCO2. The molecular formula is C17H25N2O3+. The zero-order chi connectivity index (χ0) is 15.8. The van der Waals surface area contributed by atoms with Crippen LogP contribution in [0.25, 0.3) is 6.08 Å². The summed E-state index contributed by atoms with van der Waals surface area (Å²) in [7, 11) is 0. The van der Waals surface area contributed by atoms with Gasteiger partial charge in [-0.05, 0) is 37.6 Å². The van der Waals surface area contributed by atoms with Crippen LogP contribution in [-0.4, -0.2) is 38.9 Å². The van der Waals surface area contributed by atoms with Crippen molar-refractivity contribution in [3.63, 3.8) is 0 Å². The fourth-order valence-corrected chi connectivity index (χ4v) is 2.40. The minimum absolute atomic E-state index is 0.0628. The molecule has 1 heterocycles. The zero-order valence-corrected chi connectivity index (χ0v) is 13.4. The molecule has 0 atom stereocenters. The Labute approximate surface area is 131 Å². The van der Waals surface area contributed by atoms with E-state index in [0.717, 1.165) is 43.1 Å². The molecule has 2 rings (SSSR count). The number of benzene rings is 1. The summed E-state index contributed by atoms with van der Waals surface area (Å²) < 4.78 is 10.6.